The zero-order chi connectivity index (χ0) is 20.4. The van der Waals surface area contributed by atoms with Crippen molar-refractivity contribution in [2.45, 2.75) is 6.92 Å². The molecular formula is C18H23N5O5. The van der Waals surface area contributed by atoms with E-state index >= 15 is 0 Å². The number of nitro benzene ring substituents is 1. The minimum Gasteiger partial charge on any atom is -0.395 e. The Balaban J connectivity index is 1.91. The highest BCUT2D eigenvalue weighted by molar-refractivity contribution is 6.17. The number of piperazine rings is 1. The van der Waals surface area contributed by atoms with Crippen LogP contribution < -0.4 is 10.2 Å². The van der Waals surface area contributed by atoms with Gasteiger partial charge in [-0.3, -0.25) is 24.6 Å². The van der Waals surface area contributed by atoms with Crippen LogP contribution in [0.3, 0.4) is 0 Å². The van der Waals surface area contributed by atoms with E-state index in [1.165, 1.54) is 12.1 Å². The van der Waals surface area contributed by atoms with Crippen LogP contribution in [0.25, 0.3) is 0 Å². The molecule has 150 valence electrons. The molecule has 1 saturated heterocycles. The quantitative estimate of drug-likeness (QED) is 0.405. The van der Waals surface area contributed by atoms with Crippen molar-refractivity contribution < 1.29 is 19.6 Å². The molecule has 0 atom stereocenters. The summed E-state index contributed by atoms with van der Waals surface area (Å²) in [6.07, 6.45) is 1.17. The average Bonchev–Trinajstić information content (AvgIpc) is 2.91. The van der Waals surface area contributed by atoms with Crippen LogP contribution in [-0.4, -0.2) is 78.0 Å². The Morgan fingerprint density at radius 2 is 1.89 bits per heavy atom. The number of anilines is 2. The lowest BCUT2D eigenvalue weighted by Gasteiger charge is -2.34. The first-order valence-electron chi connectivity index (χ1n) is 8.99. The number of β-amino-alcohol motifs (C(OH)–C–C–N with tert-alkyl or cyclic N) is 1. The number of carbonyl (C=O) groups is 2. The van der Waals surface area contributed by atoms with Crippen molar-refractivity contribution in [1.82, 2.24) is 9.80 Å². The second-order valence-corrected chi connectivity index (χ2v) is 6.90. The number of aliphatic hydroxyl groups is 1. The molecule has 1 fully saturated rings. The Hall–Kier alpha value is -2.98. The molecule has 10 heteroatoms. The van der Waals surface area contributed by atoms with Crippen LogP contribution >= 0.6 is 0 Å². The topological polar surface area (TPSA) is 119 Å². The van der Waals surface area contributed by atoms with Crippen molar-refractivity contribution in [3.8, 4) is 0 Å². The van der Waals surface area contributed by atoms with Crippen molar-refractivity contribution in [3.63, 3.8) is 0 Å². The van der Waals surface area contributed by atoms with Gasteiger partial charge in [0.05, 0.1) is 18.1 Å². The number of nitrogens with one attached hydrogen (secondary N) is 1. The predicted octanol–water partition coefficient (Wildman–Crippen LogP) is 0.312. The second-order valence-electron chi connectivity index (χ2n) is 6.90. The van der Waals surface area contributed by atoms with Gasteiger partial charge in [0.1, 0.15) is 11.4 Å². The van der Waals surface area contributed by atoms with E-state index in [1.807, 2.05) is 11.9 Å². The summed E-state index contributed by atoms with van der Waals surface area (Å²) < 4.78 is 0. The molecule has 0 aliphatic carbocycles. The van der Waals surface area contributed by atoms with Crippen LogP contribution in [0, 0.1) is 17.0 Å². The van der Waals surface area contributed by atoms with Crippen LogP contribution in [0.1, 0.15) is 5.56 Å². The van der Waals surface area contributed by atoms with Gasteiger partial charge in [-0.05, 0) is 25.6 Å². The van der Waals surface area contributed by atoms with Crippen LogP contribution in [0.2, 0.25) is 0 Å². The molecule has 2 amide bonds. The summed E-state index contributed by atoms with van der Waals surface area (Å²) >= 11 is 0. The highest BCUT2D eigenvalue weighted by Crippen LogP contribution is 2.35. The van der Waals surface area contributed by atoms with Gasteiger partial charge in [0.2, 0.25) is 0 Å². The van der Waals surface area contributed by atoms with E-state index in [1.54, 1.807) is 13.0 Å². The maximum atomic E-state index is 12.4. The molecule has 28 heavy (non-hydrogen) atoms. The van der Waals surface area contributed by atoms with Gasteiger partial charge in [0, 0.05) is 44.0 Å². The van der Waals surface area contributed by atoms with E-state index in [2.05, 4.69) is 10.2 Å². The lowest BCUT2D eigenvalue weighted by molar-refractivity contribution is -0.384. The van der Waals surface area contributed by atoms with Crippen molar-refractivity contribution in [2.24, 2.45) is 0 Å². The zero-order valence-electron chi connectivity index (χ0n) is 15.8. The first-order chi connectivity index (χ1) is 13.3. The smallest absolute Gasteiger partial charge is 0.292 e. The SMILES string of the molecule is Cc1cc([N+](=O)[O-])c(N2CCN(C)CC2)cc1NC1=CC(=O)N(CCO)C1=O. The van der Waals surface area contributed by atoms with Gasteiger partial charge in [-0.1, -0.05) is 0 Å². The zero-order valence-corrected chi connectivity index (χ0v) is 15.8. The predicted molar refractivity (Wildman–Crippen MR) is 103 cm³/mol. The number of imide groups is 1. The van der Waals surface area contributed by atoms with Crippen molar-refractivity contribution >= 4 is 28.9 Å². The summed E-state index contributed by atoms with van der Waals surface area (Å²) in [5, 5.41) is 23.5. The molecular weight excluding hydrogens is 366 g/mol. The third-order valence-corrected chi connectivity index (χ3v) is 4.96. The maximum absolute atomic E-state index is 12.4. The number of nitrogens with zero attached hydrogens (tertiary/aromatic N) is 4. The van der Waals surface area contributed by atoms with Gasteiger partial charge < -0.3 is 20.2 Å². The standard InChI is InChI=1S/C18H23N5O5/c1-12-9-16(23(27)28)15(21-5-3-20(2)4-6-21)10-13(12)19-14-11-17(25)22(7-8-24)18(14)26/h9-11,19,24H,3-8H2,1-2H3. The fourth-order valence-corrected chi connectivity index (χ4v) is 3.32. The summed E-state index contributed by atoms with van der Waals surface area (Å²) in [5.41, 5.74) is 1.69. The summed E-state index contributed by atoms with van der Waals surface area (Å²) in [5.74, 6) is -1.03. The lowest BCUT2D eigenvalue weighted by atomic mass is 10.1. The lowest BCUT2D eigenvalue weighted by Crippen LogP contribution is -2.44. The molecule has 0 spiro atoms. The Labute approximate surface area is 162 Å². The average molecular weight is 389 g/mol. The van der Waals surface area contributed by atoms with Crippen LogP contribution in [-0.2, 0) is 9.59 Å². The van der Waals surface area contributed by atoms with Crippen molar-refractivity contribution in [1.29, 1.82) is 0 Å². The van der Waals surface area contributed by atoms with E-state index in [9.17, 15) is 19.7 Å². The van der Waals surface area contributed by atoms with E-state index < -0.39 is 16.7 Å². The number of aliphatic hydroxyl groups excluding tert-OH is 1. The number of likely N-dealkylation sites (N-methyl/N-ethyl adjacent to an activating group) is 1. The molecule has 2 heterocycles. The van der Waals surface area contributed by atoms with Gasteiger partial charge in [0.25, 0.3) is 17.5 Å². The summed E-state index contributed by atoms with van der Waals surface area (Å²) in [7, 11) is 2.00. The van der Waals surface area contributed by atoms with Crippen molar-refractivity contribution in [2.75, 3.05) is 56.6 Å². The summed E-state index contributed by atoms with van der Waals surface area (Å²) in [6.45, 7) is 4.21. The molecule has 3 rings (SSSR count). The third-order valence-electron chi connectivity index (χ3n) is 4.96. The minimum atomic E-state index is -0.530. The Morgan fingerprint density at radius 3 is 2.50 bits per heavy atom. The van der Waals surface area contributed by atoms with E-state index in [0.29, 0.717) is 30.0 Å². The Bertz CT molecular complexity index is 845. The normalized spacial score (nSPS) is 17.9. The fraction of sp³-hybridized carbons (Fsp3) is 0.444. The molecule has 0 unspecified atom stereocenters. The molecule has 2 aliphatic rings. The molecule has 2 aliphatic heterocycles. The van der Waals surface area contributed by atoms with E-state index in [4.69, 9.17) is 5.11 Å². The van der Waals surface area contributed by atoms with Crippen LogP contribution in [0.5, 0.6) is 0 Å². The number of hydrogen-bond donors (Lipinski definition) is 2. The maximum Gasteiger partial charge on any atom is 0.292 e. The molecule has 2 N–H and O–H groups in total. The van der Waals surface area contributed by atoms with Gasteiger partial charge in [0.15, 0.2) is 0 Å². The van der Waals surface area contributed by atoms with Gasteiger partial charge >= 0.3 is 0 Å². The number of hydrogen-bond acceptors (Lipinski definition) is 8. The first kappa shape index (κ1) is 19.8. The van der Waals surface area contributed by atoms with Gasteiger partial charge in [-0.15, -0.1) is 0 Å². The number of nitro groups is 1. The second kappa shape index (κ2) is 7.95. The molecule has 0 saturated carbocycles. The number of rotatable bonds is 6. The number of aryl methyl sites for hydroxylation is 1. The molecule has 1 aromatic carbocycles. The van der Waals surface area contributed by atoms with E-state index in [-0.39, 0.29) is 24.5 Å². The highest BCUT2D eigenvalue weighted by atomic mass is 16.6. The molecule has 1 aromatic rings. The Kier molecular flexibility index (Phi) is 5.61. The number of amides is 2. The molecule has 0 radical (unpaired) electrons. The molecule has 0 bridgehead atoms. The largest absolute Gasteiger partial charge is 0.395 e. The van der Waals surface area contributed by atoms with Crippen molar-refractivity contribution in [3.05, 3.63) is 39.6 Å². The van der Waals surface area contributed by atoms with Gasteiger partial charge in [-0.25, -0.2) is 0 Å². The first-order valence-corrected chi connectivity index (χ1v) is 8.99. The minimum absolute atomic E-state index is 0.0114. The van der Waals surface area contributed by atoms with E-state index in [0.717, 1.165) is 18.0 Å². The Morgan fingerprint density at radius 1 is 1.21 bits per heavy atom. The van der Waals surface area contributed by atoms with Crippen LogP contribution in [0.4, 0.5) is 17.1 Å². The van der Waals surface area contributed by atoms with Crippen LogP contribution in [0.15, 0.2) is 23.9 Å². The third kappa shape index (κ3) is 3.82. The summed E-state index contributed by atoms with van der Waals surface area (Å²) in [6, 6.07) is 3.13. The highest BCUT2D eigenvalue weighted by Gasteiger charge is 2.31. The fourth-order valence-electron chi connectivity index (χ4n) is 3.32. The number of benzene rings is 1. The summed E-state index contributed by atoms with van der Waals surface area (Å²) in [4.78, 5) is 40.5. The molecule has 0 aromatic heterocycles. The molecule has 10 nitrogen and oxygen atoms in total. The number of carbonyl (C=O) groups excluding carboxylic acids is 2. The van der Waals surface area contributed by atoms with Gasteiger partial charge in [-0.2, -0.15) is 0 Å². The monoisotopic (exact) mass is 389 g/mol.